The maximum absolute atomic E-state index is 12.7. The number of carbonyl (C=O) groups excluding carboxylic acids is 1. The van der Waals surface area contributed by atoms with E-state index in [0.29, 0.717) is 23.0 Å². The number of rotatable bonds is 4. The smallest absolute Gasteiger partial charge is 0.267 e. The standard InChI is InChI=1S/C19H17BrN4O2/c1-3-24-19(26)15-10-5-4-9-14(15)17(23-24)18(25)22-21-12(2)13-8-6-7-11-16(13)20/h4-11H,3H2,1-2H3,(H,22,25)/b21-12-. The lowest BCUT2D eigenvalue weighted by Gasteiger charge is -2.09. The predicted molar refractivity (Wildman–Crippen MR) is 105 cm³/mol. The molecule has 2 aromatic carbocycles. The van der Waals surface area contributed by atoms with Gasteiger partial charge >= 0.3 is 0 Å². The van der Waals surface area contributed by atoms with Crippen molar-refractivity contribution in [3.05, 3.63) is 74.6 Å². The van der Waals surface area contributed by atoms with Gasteiger partial charge in [-0.3, -0.25) is 9.59 Å². The summed E-state index contributed by atoms with van der Waals surface area (Å²) in [5, 5.41) is 9.34. The molecule has 1 N–H and O–H groups in total. The number of nitrogens with zero attached hydrogens (tertiary/aromatic N) is 3. The maximum atomic E-state index is 12.7. The van der Waals surface area contributed by atoms with Crippen LogP contribution >= 0.6 is 15.9 Å². The normalized spacial score (nSPS) is 11.6. The molecule has 0 aliphatic carbocycles. The van der Waals surface area contributed by atoms with Crippen LogP contribution in [0.4, 0.5) is 0 Å². The van der Waals surface area contributed by atoms with Gasteiger partial charge in [0.1, 0.15) is 0 Å². The Kier molecular flexibility index (Phi) is 5.27. The van der Waals surface area contributed by atoms with E-state index in [1.54, 1.807) is 38.1 Å². The van der Waals surface area contributed by atoms with Crippen molar-refractivity contribution in [1.82, 2.24) is 15.2 Å². The monoisotopic (exact) mass is 412 g/mol. The fraction of sp³-hybridized carbons (Fsp3) is 0.158. The summed E-state index contributed by atoms with van der Waals surface area (Å²) in [6, 6.07) is 14.5. The summed E-state index contributed by atoms with van der Waals surface area (Å²) in [6.07, 6.45) is 0. The van der Waals surface area contributed by atoms with Crippen LogP contribution in [0.25, 0.3) is 10.8 Å². The number of aryl methyl sites for hydroxylation is 1. The van der Waals surface area contributed by atoms with Gasteiger partial charge in [0.05, 0.1) is 11.1 Å². The van der Waals surface area contributed by atoms with Gasteiger partial charge in [0, 0.05) is 22.0 Å². The van der Waals surface area contributed by atoms with Gasteiger partial charge in [0.25, 0.3) is 11.5 Å². The second-order valence-corrected chi connectivity index (χ2v) is 6.49. The molecule has 0 bridgehead atoms. The molecule has 0 aliphatic heterocycles. The van der Waals surface area contributed by atoms with Crippen LogP contribution in [0, 0.1) is 0 Å². The van der Waals surface area contributed by atoms with Gasteiger partial charge in [0.15, 0.2) is 5.69 Å². The van der Waals surface area contributed by atoms with Gasteiger partial charge in [-0.2, -0.15) is 10.2 Å². The first-order valence-corrected chi connectivity index (χ1v) is 8.91. The molecule has 1 heterocycles. The first kappa shape index (κ1) is 18.0. The van der Waals surface area contributed by atoms with Crippen molar-refractivity contribution < 1.29 is 4.79 Å². The number of hydrazone groups is 1. The fourth-order valence-electron chi connectivity index (χ4n) is 2.62. The molecule has 0 saturated heterocycles. The van der Waals surface area contributed by atoms with Crippen molar-refractivity contribution in [3.8, 4) is 0 Å². The van der Waals surface area contributed by atoms with Crippen LogP contribution < -0.4 is 11.0 Å². The zero-order valence-electron chi connectivity index (χ0n) is 14.4. The first-order valence-electron chi connectivity index (χ1n) is 8.12. The Bertz CT molecular complexity index is 1070. The second-order valence-electron chi connectivity index (χ2n) is 5.63. The van der Waals surface area contributed by atoms with E-state index in [9.17, 15) is 9.59 Å². The molecule has 0 unspecified atom stereocenters. The Hall–Kier alpha value is -2.80. The molecular formula is C19H17BrN4O2. The number of amides is 1. The van der Waals surface area contributed by atoms with Crippen molar-refractivity contribution in [1.29, 1.82) is 0 Å². The highest BCUT2D eigenvalue weighted by Crippen LogP contribution is 2.17. The minimum absolute atomic E-state index is 0.172. The molecule has 1 amide bonds. The van der Waals surface area contributed by atoms with Gasteiger partial charge < -0.3 is 0 Å². The van der Waals surface area contributed by atoms with Crippen LogP contribution in [0.2, 0.25) is 0 Å². The molecule has 7 heteroatoms. The Morgan fingerprint density at radius 2 is 1.81 bits per heavy atom. The minimum atomic E-state index is -0.463. The zero-order valence-corrected chi connectivity index (χ0v) is 15.9. The Morgan fingerprint density at radius 1 is 1.15 bits per heavy atom. The van der Waals surface area contributed by atoms with E-state index < -0.39 is 5.91 Å². The molecule has 3 aromatic rings. The third-order valence-electron chi connectivity index (χ3n) is 3.97. The number of hydrogen-bond acceptors (Lipinski definition) is 4. The van der Waals surface area contributed by atoms with Crippen LogP contribution in [0.3, 0.4) is 0 Å². The quantitative estimate of drug-likeness (QED) is 0.527. The minimum Gasteiger partial charge on any atom is -0.267 e. The predicted octanol–water partition coefficient (Wildman–Crippen LogP) is 3.33. The van der Waals surface area contributed by atoms with Gasteiger partial charge in [0.2, 0.25) is 0 Å². The molecule has 26 heavy (non-hydrogen) atoms. The highest BCUT2D eigenvalue weighted by atomic mass is 79.9. The van der Waals surface area contributed by atoms with Crippen molar-refractivity contribution >= 4 is 38.3 Å². The zero-order chi connectivity index (χ0) is 18.7. The number of halogens is 1. The van der Waals surface area contributed by atoms with Crippen LogP contribution in [0.15, 0.2) is 62.9 Å². The summed E-state index contributed by atoms with van der Waals surface area (Å²) >= 11 is 3.46. The van der Waals surface area contributed by atoms with Crippen molar-refractivity contribution in [2.24, 2.45) is 5.10 Å². The topological polar surface area (TPSA) is 76.3 Å². The molecule has 0 atom stereocenters. The van der Waals surface area contributed by atoms with Gasteiger partial charge in [-0.25, -0.2) is 10.1 Å². The third kappa shape index (κ3) is 3.43. The summed E-state index contributed by atoms with van der Waals surface area (Å²) in [7, 11) is 0. The largest absolute Gasteiger partial charge is 0.292 e. The molecule has 0 spiro atoms. The second kappa shape index (κ2) is 7.61. The highest BCUT2D eigenvalue weighted by Gasteiger charge is 2.16. The molecule has 0 aliphatic rings. The van der Waals surface area contributed by atoms with Crippen molar-refractivity contribution in [2.45, 2.75) is 20.4 Å². The van der Waals surface area contributed by atoms with E-state index in [4.69, 9.17) is 0 Å². The fourth-order valence-corrected chi connectivity index (χ4v) is 3.19. The summed E-state index contributed by atoms with van der Waals surface area (Å²) in [5.41, 5.74) is 4.03. The summed E-state index contributed by atoms with van der Waals surface area (Å²) < 4.78 is 2.17. The summed E-state index contributed by atoms with van der Waals surface area (Å²) in [5.74, 6) is -0.463. The molecule has 132 valence electrons. The van der Waals surface area contributed by atoms with Crippen LogP contribution in [-0.4, -0.2) is 21.4 Å². The summed E-state index contributed by atoms with van der Waals surface area (Å²) in [4.78, 5) is 25.0. The lowest BCUT2D eigenvalue weighted by atomic mass is 10.1. The number of fused-ring (bicyclic) bond motifs is 1. The third-order valence-corrected chi connectivity index (χ3v) is 4.66. The Morgan fingerprint density at radius 3 is 2.50 bits per heavy atom. The SMILES string of the molecule is CCn1nc(C(=O)N/N=C(/C)c2ccccc2Br)c2ccccc2c1=O. The molecule has 0 radical (unpaired) electrons. The van der Waals surface area contributed by atoms with Gasteiger partial charge in [-0.1, -0.05) is 52.3 Å². The summed E-state index contributed by atoms with van der Waals surface area (Å²) in [6.45, 7) is 3.99. The number of benzene rings is 2. The molecule has 3 rings (SSSR count). The number of aromatic nitrogens is 2. The van der Waals surface area contributed by atoms with Crippen molar-refractivity contribution in [3.63, 3.8) is 0 Å². The molecule has 0 saturated carbocycles. The molecule has 0 fully saturated rings. The Balaban J connectivity index is 1.98. The highest BCUT2D eigenvalue weighted by molar-refractivity contribution is 9.10. The lowest BCUT2D eigenvalue weighted by molar-refractivity contribution is 0.0949. The molecule has 6 nitrogen and oxygen atoms in total. The van der Waals surface area contributed by atoms with Crippen LogP contribution in [0.5, 0.6) is 0 Å². The molecular weight excluding hydrogens is 396 g/mol. The van der Waals surface area contributed by atoms with E-state index in [1.807, 2.05) is 24.3 Å². The Labute approximate surface area is 158 Å². The number of carbonyl (C=O) groups is 1. The van der Waals surface area contributed by atoms with E-state index in [1.165, 1.54) is 4.68 Å². The van der Waals surface area contributed by atoms with E-state index >= 15 is 0 Å². The van der Waals surface area contributed by atoms with Gasteiger partial charge in [-0.05, 0) is 26.0 Å². The van der Waals surface area contributed by atoms with E-state index in [0.717, 1.165) is 10.0 Å². The average Bonchev–Trinajstić information content (AvgIpc) is 2.66. The lowest BCUT2D eigenvalue weighted by Crippen LogP contribution is -2.28. The van der Waals surface area contributed by atoms with Gasteiger partial charge in [-0.15, -0.1) is 0 Å². The average molecular weight is 413 g/mol. The van der Waals surface area contributed by atoms with Crippen molar-refractivity contribution in [2.75, 3.05) is 0 Å². The number of hydrogen-bond donors (Lipinski definition) is 1. The maximum Gasteiger partial charge on any atom is 0.292 e. The number of nitrogens with one attached hydrogen (secondary N) is 1. The van der Waals surface area contributed by atoms with Crippen LogP contribution in [-0.2, 0) is 6.54 Å². The van der Waals surface area contributed by atoms with Crippen LogP contribution in [0.1, 0.15) is 29.9 Å². The first-order chi connectivity index (χ1) is 12.5. The molecule has 1 aromatic heterocycles. The van der Waals surface area contributed by atoms with E-state index in [2.05, 4.69) is 31.6 Å². The van der Waals surface area contributed by atoms with E-state index in [-0.39, 0.29) is 11.3 Å².